The highest BCUT2D eigenvalue weighted by Gasteiger charge is 2.43. The number of hydrogen-bond acceptors (Lipinski definition) is 9. The average molecular weight is 771 g/mol. The smallest absolute Gasteiger partial charge is 0.377 e. The topological polar surface area (TPSA) is 157 Å². The number of unbranched alkanes of at least 4 members (excludes halogenated alkanes) is 4. The van der Waals surface area contributed by atoms with Crippen LogP contribution in [0.25, 0.3) is 22.5 Å². The molecule has 0 unspecified atom stereocenters. The normalized spacial score (nSPS) is 13.4. The van der Waals surface area contributed by atoms with E-state index in [1.807, 2.05) is 30.3 Å². The minimum absolute atomic E-state index is 0.153. The lowest BCUT2D eigenvalue weighted by atomic mass is 9.95. The van der Waals surface area contributed by atoms with Crippen LogP contribution < -0.4 is 15.4 Å². The fourth-order valence-corrected chi connectivity index (χ4v) is 6.89. The minimum Gasteiger partial charge on any atom is -0.494 e. The van der Waals surface area contributed by atoms with E-state index in [1.165, 1.54) is 43.9 Å². The molecule has 55 heavy (non-hydrogen) atoms. The number of ether oxygens (including phenoxy) is 2. The molecule has 0 saturated carbocycles. The summed E-state index contributed by atoms with van der Waals surface area (Å²) in [6.45, 7) is 15.2. The molecule has 2 amide bonds. The van der Waals surface area contributed by atoms with Gasteiger partial charge in [0.2, 0.25) is 11.6 Å². The van der Waals surface area contributed by atoms with Gasteiger partial charge in [-0.3, -0.25) is 14.4 Å². The van der Waals surface area contributed by atoms with Crippen molar-refractivity contribution >= 4 is 34.9 Å². The van der Waals surface area contributed by atoms with Crippen molar-refractivity contribution in [3.8, 4) is 28.3 Å². The van der Waals surface area contributed by atoms with Crippen LogP contribution in [-0.2, 0) is 24.5 Å². The number of aliphatic carboxylic acids is 1. The third kappa shape index (κ3) is 12.5. The van der Waals surface area contributed by atoms with Crippen molar-refractivity contribution in [2.75, 3.05) is 6.61 Å². The first-order valence-corrected chi connectivity index (χ1v) is 19.6. The van der Waals surface area contributed by atoms with Gasteiger partial charge in [0.05, 0.1) is 29.5 Å². The quantitative estimate of drug-likeness (QED) is 0.0512. The van der Waals surface area contributed by atoms with E-state index in [9.17, 15) is 24.3 Å². The number of Topliss-reactive ketones (excluding diaryl/α,β-unsaturated/α-hetero) is 1. The summed E-state index contributed by atoms with van der Waals surface area (Å²) in [6, 6.07) is 17.8. The van der Waals surface area contributed by atoms with Gasteiger partial charge in [-0.15, -0.1) is 11.3 Å². The SMILES string of the molecule is CCCCCCCOc1ccc(-c2cnc(-c3ccc([C@H](CC(=O)N[C@@](C)(OC(C)(C)C)C(=O)C(=O)O)NC(=O)c4ccc(C(C)(C)C)s4)cc3)nc2)cc1. The van der Waals surface area contributed by atoms with Gasteiger partial charge in [-0.1, -0.05) is 89.8 Å². The van der Waals surface area contributed by atoms with Crippen molar-refractivity contribution in [2.45, 2.75) is 117 Å². The Labute approximate surface area is 328 Å². The molecule has 2 heterocycles. The largest absolute Gasteiger partial charge is 0.494 e. The van der Waals surface area contributed by atoms with Crippen LogP contribution >= 0.6 is 11.3 Å². The molecule has 0 spiro atoms. The van der Waals surface area contributed by atoms with E-state index in [2.05, 4.69) is 48.3 Å². The number of aromatic nitrogens is 2. The van der Waals surface area contributed by atoms with Crippen LogP contribution in [-0.4, -0.2) is 56.6 Å². The van der Waals surface area contributed by atoms with Gasteiger partial charge in [0, 0.05) is 28.4 Å². The van der Waals surface area contributed by atoms with E-state index in [1.54, 1.807) is 63.5 Å². The predicted molar refractivity (Wildman–Crippen MR) is 215 cm³/mol. The van der Waals surface area contributed by atoms with Crippen molar-refractivity contribution in [2.24, 2.45) is 0 Å². The second-order valence-electron chi connectivity index (χ2n) is 15.8. The predicted octanol–water partition coefficient (Wildman–Crippen LogP) is 8.68. The number of ketones is 1. The van der Waals surface area contributed by atoms with Crippen molar-refractivity contribution < 1.29 is 33.8 Å². The Morgan fingerprint density at radius 2 is 1.40 bits per heavy atom. The zero-order valence-corrected chi connectivity index (χ0v) is 34.0. The fourth-order valence-electron chi connectivity index (χ4n) is 5.92. The molecular weight excluding hydrogens is 717 g/mol. The summed E-state index contributed by atoms with van der Waals surface area (Å²) in [6.07, 6.45) is 9.13. The molecule has 11 nitrogen and oxygen atoms in total. The van der Waals surface area contributed by atoms with Crippen LogP contribution in [0.4, 0.5) is 0 Å². The van der Waals surface area contributed by atoms with E-state index < -0.39 is 35.0 Å². The van der Waals surface area contributed by atoms with Crippen LogP contribution in [0, 0.1) is 0 Å². The van der Waals surface area contributed by atoms with Gasteiger partial charge < -0.3 is 25.2 Å². The Morgan fingerprint density at radius 3 is 1.96 bits per heavy atom. The number of nitrogens with one attached hydrogen (secondary N) is 2. The number of nitrogens with zero attached hydrogens (tertiary/aromatic N) is 2. The zero-order chi connectivity index (χ0) is 40.4. The Bertz CT molecular complexity index is 1910. The molecular formula is C43H54N4O7S. The summed E-state index contributed by atoms with van der Waals surface area (Å²) < 4.78 is 11.7. The number of amides is 2. The summed E-state index contributed by atoms with van der Waals surface area (Å²) >= 11 is 1.37. The molecule has 0 radical (unpaired) electrons. The Morgan fingerprint density at radius 1 is 0.782 bits per heavy atom. The van der Waals surface area contributed by atoms with Gasteiger partial charge in [0.25, 0.3) is 11.7 Å². The molecule has 0 aliphatic rings. The number of hydrogen-bond donors (Lipinski definition) is 3. The van der Waals surface area contributed by atoms with E-state index >= 15 is 0 Å². The maximum Gasteiger partial charge on any atom is 0.377 e. The molecule has 4 rings (SSSR count). The lowest BCUT2D eigenvalue weighted by molar-refractivity contribution is -0.180. The lowest BCUT2D eigenvalue weighted by Crippen LogP contribution is -2.59. The molecule has 12 heteroatoms. The first-order valence-electron chi connectivity index (χ1n) is 18.7. The molecule has 0 bridgehead atoms. The van der Waals surface area contributed by atoms with Gasteiger partial charge in [-0.2, -0.15) is 0 Å². The number of carbonyl (C=O) groups excluding carboxylic acids is 3. The third-order valence-electron chi connectivity index (χ3n) is 8.71. The molecule has 0 fully saturated rings. The number of thiophene rings is 1. The molecule has 4 aromatic rings. The van der Waals surface area contributed by atoms with E-state index in [4.69, 9.17) is 9.47 Å². The van der Waals surface area contributed by atoms with Gasteiger partial charge in [-0.25, -0.2) is 14.8 Å². The van der Waals surface area contributed by atoms with Crippen LogP contribution in [0.15, 0.2) is 73.1 Å². The summed E-state index contributed by atoms with van der Waals surface area (Å²) in [5.74, 6) is -2.82. The molecule has 2 aromatic heterocycles. The monoisotopic (exact) mass is 770 g/mol. The second kappa shape index (κ2) is 18.6. The van der Waals surface area contributed by atoms with E-state index in [-0.39, 0.29) is 17.7 Å². The fraction of sp³-hybridized carbons (Fsp3) is 0.442. The van der Waals surface area contributed by atoms with Crippen LogP contribution in [0.5, 0.6) is 5.75 Å². The Balaban J connectivity index is 1.51. The Kier molecular flexibility index (Phi) is 14.5. The summed E-state index contributed by atoms with van der Waals surface area (Å²) in [5.41, 5.74) is -0.133. The number of benzene rings is 2. The zero-order valence-electron chi connectivity index (χ0n) is 33.2. The molecule has 0 aliphatic carbocycles. The third-order valence-corrected chi connectivity index (χ3v) is 10.2. The summed E-state index contributed by atoms with van der Waals surface area (Å²) in [7, 11) is 0. The summed E-state index contributed by atoms with van der Waals surface area (Å²) in [5, 5.41) is 14.9. The molecule has 2 aromatic carbocycles. The highest BCUT2D eigenvalue weighted by Crippen LogP contribution is 2.31. The summed E-state index contributed by atoms with van der Waals surface area (Å²) in [4.78, 5) is 62.2. The highest BCUT2D eigenvalue weighted by molar-refractivity contribution is 7.14. The van der Waals surface area contributed by atoms with Gasteiger partial charge in [-0.05, 0) is 74.9 Å². The first kappa shape index (κ1) is 42.8. The number of carbonyl (C=O) groups is 4. The maximum absolute atomic E-state index is 13.6. The molecule has 0 aliphatic heterocycles. The second-order valence-corrected chi connectivity index (χ2v) is 16.9. The standard InChI is InChI=1S/C43H54N4O7S/c1-9-10-11-12-13-24-53-32-20-18-28(19-21-32)31-26-44-38(45-27-31)30-16-14-29(15-17-30)33(46-39(50)34-22-23-35(55-34)41(2,3)4)25-36(48)47-43(8,37(49)40(51)52)54-42(5,6)7/h14-23,26-27,33H,9-13,24-25H2,1-8H3,(H,46,50)(H,47,48)(H,51,52)/t33-,43-/m0/s1. The van der Waals surface area contributed by atoms with E-state index in [0.717, 1.165) is 33.7 Å². The Hall–Kier alpha value is -4.94. The van der Waals surface area contributed by atoms with Crippen molar-refractivity contribution in [3.05, 3.63) is 88.4 Å². The van der Waals surface area contributed by atoms with Crippen molar-refractivity contribution in [1.29, 1.82) is 0 Å². The van der Waals surface area contributed by atoms with Crippen LogP contribution in [0.3, 0.4) is 0 Å². The number of carboxylic acid groups (broad SMARTS) is 1. The van der Waals surface area contributed by atoms with E-state index in [0.29, 0.717) is 22.9 Å². The highest BCUT2D eigenvalue weighted by atomic mass is 32.1. The molecule has 294 valence electrons. The first-order chi connectivity index (χ1) is 25.9. The van der Waals surface area contributed by atoms with Crippen LogP contribution in [0.1, 0.15) is 120 Å². The maximum atomic E-state index is 13.6. The van der Waals surface area contributed by atoms with Gasteiger partial charge >= 0.3 is 5.97 Å². The molecule has 3 N–H and O–H groups in total. The van der Waals surface area contributed by atoms with Crippen molar-refractivity contribution in [1.82, 2.24) is 20.6 Å². The number of carboxylic acids is 1. The minimum atomic E-state index is -2.15. The van der Waals surface area contributed by atoms with Crippen LogP contribution in [0.2, 0.25) is 0 Å². The molecule has 0 saturated heterocycles. The number of rotatable bonds is 18. The van der Waals surface area contributed by atoms with Crippen molar-refractivity contribution in [3.63, 3.8) is 0 Å². The average Bonchev–Trinajstić information content (AvgIpc) is 3.64. The van der Waals surface area contributed by atoms with Gasteiger partial charge in [0.15, 0.2) is 5.82 Å². The molecule has 2 atom stereocenters. The lowest BCUT2D eigenvalue weighted by Gasteiger charge is -2.35. The van der Waals surface area contributed by atoms with Gasteiger partial charge in [0.1, 0.15) is 5.75 Å².